The molecule has 0 N–H and O–H groups in total. The van der Waals surface area contributed by atoms with Crippen LogP contribution in [0.1, 0.15) is 100 Å². The topological polar surface area (TPSA) is 43.6 Å². The number of allylic oxidation sites excluding steroid dienone is 8. The molecule has 0 amide bonds. The fourth-order valence-electron chi connectivity index (χ4n) is 9.31. The summed E-state index contributed by atoms with van der Waals surface area (Å²) in [6, 6.07) is 55.4. The Labute approximate surface area is 372 Å². The Hall–Kier alpha value is -6.91. The van der Waals surface area contributed by atoms with E-state index in [-0.39, 0.29) is 22.7 Å². The molecule has 2 atom stereocenters. The lowest BCUT2D eigenvalue weighted by Gasteiger charge is -2.31. The van der Waals surface area contributed by atoms with Gasteiger partial charge >= 0.3 is 0 Å². The number of rotatable bonds is 7. The van der Waals surface area contributed by atoms with E-state index in [0.29, 0.717) is 12.2 Å². The summed E-state index contributed by atoms with van der Waals surface area (Å²) in [6.45, 7) is 13.8. The zero-order valence-electron chi connectivity index (χ0n) is 37.2. The maximum atomic E-state index is 5.38. The first-order valence-electron chi connectivity index (χ1n) is 22.4. The molecule has 8 aromatic rings. The molecule has 4 nitrogen and oxygen atoms in total. The second-order valence-electron chi connectivity index (χ2n) is 19.2. The second kappa shape index (κ2) is 16.1. The van der Waals surface area contributed by atoms with Crippen LogP contribution in [-0.2, 0) is 10.8 Å². The Morgan fingerprint density at radius 1 is 0.524 bits per heavy atom. The number of nitrogens with zero attached hydrogens (tertiary/aromatic N) is 4. The summed E-state index contributed by atoms with van der Waals surface area (Å²) >= 11 is 0. The van der Waals surface area contributed by atoms with Crippen LogP contribution >= 0.6 is 0 Å². The molecule has 0 saturated heterocycles. The first kappa shape index (κ1) is 40.2. The number of hydrogen-bond acceptors (Lipinski definition) is 3. The van der Waals surface area contributed by atoms with Gasteiger partial charge in [-0.25, -0.2) is 15.0 Å². The van der Waals surface area contributed by atoms with Crippen LogP contribution in [0, 0.1) is 0 Å². The van der Waals surface area contributed by atoms with E-state index in [9.17, 15) is 0 Å². The Morgan fingerprint density at radius 3 is 1.63 bits per heavy atom. The number of hydrogen-bond donors (Lipinski definition) is 0. The standard InChI is InChI=1S/C59H54N4/c1-58(2,3)46-31-33-52-50(37-46)51-38-47(59(4,5)6)32-34-53(51)63(52)54-48(41-21-13-8-14-22-41)35-45(36-49(54)42-23-15-9-16-24-42)57-61-55(43-25-17-10-18-26-43)60-56(62-57)44-29-27-40(28-30-44)39-19-11-7-12-20-39/h7-25,27-35,37-38,43,49H,26,36H2,1-6H3. The van der Waals surface area contributed by atoms with Crippen molar-refractivity contribution in [2.45, 2.75) is 77.0 Å². The SMILES string of the molecule is CC(C)(C)c1ccc2c(c1)c1cc(C(C)(C)C)ccc1n2C1=C(c2ccccc2)C=C(c2nc(-c3ccc(-c4ccccc4)cc3)nc(C3C=CC=CC3)n2)CC1c1ccccc1. The number of aromatic nitrogens is 4. The van der Waals surface area contributed by atoms with E-state index in [2.05, 4.69) is 228 Å². The van der Waals surface area contributed by atoms with Crippen molar-refractivity contribution in [2.75, 3.05) is 0 Å². The molecular formula is C59H54N4. The van der Waals surface area contributed by atoms with Crippen LogP contribution in [-0.4, -0.2) is 19.5 Å². The lowest BCUT2D eigenvalue weighted by Crippen LogP contribution is -2.17. The van der Waals surface area contributed by atoms with Crippen molar-refractivity contribution < 1.29 is 0 Å². The van der Waals surface area contributed by atoms with Gasteiger partial charge in [-0.2, -0.15) is 0 Å². The summed E-state index contributed by atoms with van der Waals surface area (Å²) in [7, 11) is 0. The van der Waals surface area contributed by atoms with Gasteiger partial charge in [0.2, 0.25) is 0 Å². The summed E-state index contributed by atoms with van der Waals surface area (Å²) in [4.78, 5) is 15.9. The molecule has 2 heterocycles. The quantitative estimate of drug-likeness (QED) is 0.161. The van der Waals surface area contributed by atoms with Crippen LogP contribution in [0.3, 0.4) is 0 Å². The second-order valence-corrected chi connectivity index (χ2v) is 19.2. The highest BCUT2D eigenvalue weighted by molar-refractivity contribution is 6.13. The van der Waals surface area contributed by atoms with E-state index < -0.39 is 0 Å². The summed E-state index contributed by atoms with van der Waals surface area (Å²) in [5.74, 6) is 2.25. The first-order valence-corrected chi connectivity index (χ1v) is 22.4. The first-order chi connectivity index (χ1) is 30.5. The molecule has 10 rings (SSSR count). The largest absolute Gasteiger partial charge is 0.312 e. The van der Waals surface area contributed by atoms with Gasteiger partial charge in [0, 0.05) is 39.4 Å². The lowest BCUT2D eigenvalue weighted by atomic mass is 9.80. The van der Waals surface area contributed by atoms with Crippen LogP contribution in [0.4, 0.5) is 0 Å². The van der Waals surface area contributed by atoms with Gasteiger partial charge in [-0.3, -0.25) is 0 Å². The molecule has 63 heavy (non-hydrogen) atoms. The van der Waals surface area contributed by atoms with E-state index in [1.807, 2.05) is 0 Å². The summed E-state index contributed by atoms with van der Waals surface area (Å²) < 4.78 is 2.58. The molecular weight excluding hydrogens is 765 g/mol. The van der Waals surface area contributed by atoms with E-state index in [1.54, 1.807) is 0 Å². The fraction of sp³-hybridized carbons (Fsp3) is 0.203. The van der Waals surface area contributed by atoms with Crippen molar-refractivity contribution in [3.63, 3.8) is 0 Å². The number of fused-ring (bicyclic) bond motifs is 3. The minimum atomic E-state index is -0.0175. The van der Waals surface area contributed by atoms with Gasteiger partial charge in [-0.1, -0.05) is 193 Å². The van der Waals surface area contributed by atoms with Gasteiger partial charge in [0.05, 0.1) is 11.0 Å². The average molecular weight is 819 g/mol. The van der Waals surface area contributed by atoms with Gasteiger partial charge in [-0.15, -0.1) is 0 Å². The van der Waals surface area contributed by atoms with Gasteiger partial charge in [0.25, 0.3) is 0 Å². The van der Waals surface area contributed by atoms with Crippen molar-refractivity contribution in [1.82, 2.24) is 19.5 Å². The molecule has 2 aliphatic rings. The smallest absolute Gasteiger partial charge is 0.163 e. The van der Waals surface area contributed by atoms with Crippen molar-refractivity contribution in [3.8, 4) is 22.5 Å². The molecule has 0 radical (unpaired) electrons. The molecule has 310 valence electrons. The van der Waals surface area contributed by atoms with Crippen LogP contribution in [0.25, 0.3) is 61.2 Å². The highest BCUT2D eigenvalue weighted by atomic mass is 15.0. The molecule has 0 bridgehead atoms. The molecule has 0 aliphatic heterocycles. The molecule has 0 saturated carbocycles. The van der Waals surface area contributed by atoms with Crippen molar-refractivity contribution in [1.29, 1.82) is 0 Å². The normalized spacial score (nSPS) is 16.8. The maximum Gasteiger partial charge on any atom is 0.163 e. The molecule has 2 aromatic heterocycles. The third kappa shape index (κ3) is 7.80. The third-order valence-corrected chi connectivity index (χ3v) is 12.9. The van der Waals surface area contributed by atoms with Crippen molar-refractivity contribution in [3.05, 3.63) is 216 Å². The zero-order valence-corrected chi connectivity index (χ0v) is 37.2. The Balaban J connectivity index is 1.24. The van der Waals surface area contributed by atoms with Gasteiger partial charge in [0.1, 0.15) is 5.82 Å². The van der Waals surface area contributed by atoms with Crippen LogP contribution in [0.15, 0.2) is 182 Å². The predicted molar refractivity (Wildman–Crippen MR) is 265 cm³/mol. The Kier molecular flexibility index (Phi) is 10.3. The van der Waals surface area contributed by atoms with Gasteiger partial charge in [-0.05, 0) is 93.0 Å². The third-order valence-electron chi connectivity index (χ3n) is 12.9. The Bertz CT molecular complexity index is 3030. The van der Waals surface area contributed by atoms with E-state index >= 15 is 0 Å². The summed E-state index contributed by atoms with van der Waals surface area (Å²) in [5.41, 5.74) is 14.3. The van der Waals surface area contributed by atoms with E-state index in [4.69, 9.17) is 15.0 Å². The minimum Gasteiger partial charge on any atom is -0.312 e. The Morgan fingerprint density at radius 2 is 1.06 bits per heavy atom. The zero-order chi connectivity index (χ0) is 43.3. The van der Waals surface area contributed by atoms with Crippen LogP contribution in [0.5, 0.6) is 0 Å². The maximum absolute atomic E-state index is 5.38. The monoisotopic (exact) mass is 818 g/mol. The average Bonchev–Trinajstić information content (AvgIpc) is 3.64. The molecule has 0 fully saturated rings. The van der Waals surface area contributed by atoms with Crippen LogP contribution < -0.4 is 0 Å². The van der Waals surface area contributed by atoms with Crippen molar-refractivity contribution >= 4 is 38.6 Å². The van der Waals surface area contributed by atoms with Gasteiger partial charge in [0.15, 0.2) is 11.6 Å². The van der Waals surface area contributed by atoms with Crippen LogP contribution in [0.2, 0.25) is 0 Å². The fourth-order valence-corrected chi connectivity index (χ4v) is 9.31. The summed E-state index contributed by atoms with van der Waals surface area (Å²) in [6.07, 6.45) is 12.6. The highest BCUT2D eigenvalue weighted by Gasteiger charge is 2.33. The molecule has 2 aliphatic carbocycles. The molecule has 2 unspecified atom stereocenters. The van der Waals surface area contributed by atoms with Gasteiger partial charge < -0.3 is 4.57 Å². The molecule has 4 heteroatoms. The van der Waals surface area contributed by atoms with E-state index in [0.717, 1.165) is 40.3 Å². The van der Waals surface area contributed by atoms with E-state index in [1.165, 1.54) is 55.3 Å². The molecule has 0 spiro atoms. The number of benzene rings is 6. The predicted octanol–water partition coefficient (Wildman–Crippen LogP) is 15.1. The minimum absolute atomic E-state index is 0.00363. The molecule has 6 aromatic carbocycles. The van der Waals surface area contributed by atoms with Crippen molar-refractivity contribution in [2.24, 2.45) is 0 Å². The summed E-state index contributed by atoms with van der Waals surface area (Å²) in [5, 5.41) is 2.56. The highest BCUT2D eigenvalue weighted by Crippen LogP contribution is 2.49. The lowest BCUT2D eigenvalue weighted by molar-refractivity contribution is 0.590.